The third-order valence-corrected chi connectivity index (χ3v) is 5.26. The molecule has 2 aromatic carbocycles. The average Bonchev–Trinajstić information content (AvgIpc) is 3.07. The number of nitrogens with zero attached hydrogens (tertiary/aromatic N) is 1. The van der Waals surface area contributed by atoms with Crippen LogP contribution in [-0.4, -0.2) is 35.8 Å². The second kappa shape index (κ2) is 8.92. The van der Waals surface area contributed by atoms with Gasteiger partial charge in [0.15, 0.2) is 0 Å². The van der Waals surface area contributed by atoms with Gasteiger partial charge in [0.25, 0.3) is 0 Å². The molecule has 1 saturated heterocycles. The minimum Gasteiger partial charge on any atom is -0.447 e. The zero-order valence-corrected chi connectivity index (χ0v) is 16.0. The molecule has 0 aromatic heterocycles. The summed E-state index contributed by atoms with van der Waals surface area (Å²) >= 11 is 1.66. The minimum absolute atomic E-state index is 0.0691. The van der Waals surface area contributed by atoms with Crippen LogP contribution in [0.4, 0.5) is 4.79 Å². The standard InChI is InChI=1S/C20H23N3O3S/c1-27-17-8-6-16(7-9-17)12-23-18(13-26-20(23)25)19(24)22-11-15-4-2-14(10-21)3-5-15/h2-9,18H,10-13,21H2,1H3,(H,22,24)/t18-/m0/s1. The lowest BCUT2D eigenvalue weighted by Gasteiger charge is -2.21. The fourth-order valence-electron chi connectivity index (χ4n) is 2.87. The molecule has 1 aliphatic heterocycles. The van der Waals surface area contributed by atoms with Crippen LogP contribution in [0.5, 0.6) is 0 Å². The van der Waals surface area contributed by atoms with Gasteiger partial charge in [-0.3, -0.25) is 9.69 Å². The smallest absolute Gasteiger partial charge is 0.410 e. The summed E-state index contributed by atoms with van der Waals surface area (Å²) in [5.74, 6) is -0.218. The fourth-order valence-corrected chi connectivity index (χ4v) is 3.28. The van der Waals surface area contributed by atoms with Crippen molar-refractivity contribution >= 4 is 23.8 Å². The van der Waals surface area contributed by atoms with E-state index in [1.54, 1.807) is 11.8 Å². The predicted molar refractivity (Wildman–Crippen MR) is 105 cm³/mol. The molecule has 2 aromatic rings. The van der Waals surface area contributed by atoms with Crippen LogP contribution in [0.2, 0.25) is 0 Å². The number of rotatable bonds is 7. The molecule has 3 N–H and O–H groups in total. The quantitative estimate of drug-likeness (QED) is 0.716. The summed E-state index contributed by atoms with van der Waals surface area (Å²) in [6, 6.07) is 15.1. The number of hydrogen-bond donors (Lipinski definition) is 2. The number of ether oxygens (including phenoxy) is 1. The summed E-state index contributed by atoms with van der Waals surface area (Å²) in [7, 11) is 0. The summed E-state index contributed by atoms with van der Waals surface area (Å²) in [6.45, 7) is 1.29. The van der Waals surface area contributed by atoms with Crippen molar-refractivity contribution in [3.8, 4) is 0 Å². The van der Waals surface area contributed by atoms with Gasteiger partial charge in [-0.25, -0.2) is 4.79 Å². The molecule has 27 heavy (non-hydrogen) atoms. The van der Waals surface area contributed by atoms with E-state index >= 15 is 0 Å². The average molecular weight is 385 g/mol. The molecule has 1 fully saturated rings. The Morgan fingerprint density at radius 2 is 1.78 bits per heavy atom. The van der Waals surface area contributed by atoms with Crippen LogP contribution in [0, 0.1) is 0 Å². The largest absolute Gasteiger partial charge is 0.447 e. The van der Waals surface area contributed by atoms with Crippen molar-refractivity contribution in [2.75, 3.05) is 12.9 Å². The van der Waals surface area contributed by atoms with Crippen molar-refractivity contribution in [2.24, 2.45) is 5.73 Å². The first-order chi connectivity index (χ1) is 13.1. The molecular weight excluding hydrogens is 362 g/mol. The van der Waals surface area contributed by atoms with Crippen molar-refractivity contribution in [1.82, 2.24) is 10.2 Å². The molecule has 1 atom stereocenters. The lowest BCUT2D eigenvalue weighted by atomic mass is 10.1. The van der Waals surface area contributed by atoms with Gasteiger partial charge in [-0.2, -0.15) is 0 Å². The molecule has 2 amide bonds. The summed E-state index contributed by atoms with van der Waals surface area (Å²) in [4.78, 5) is 27.3. The maximum Gasteiger partial charge on any atom is 0.410 e. The highest BCUT2D eigenvalue weighted by Gasteiger charge is 2.37. The Kier molecular flexibility index (Phi) is 6.36. The molecule has 3 rings (SSSR count). The number of amides is 2. The van der Waals surface area contributed by atoms with E-state index in [0.717, 1.165) is 21.6 Å². The monoisotopic (exact) mass is 385 g/mol. The highest BCUT2D eigenvalue weighted by molar-refractivity contribution is 7.98. The molecule has 0 radical (unpaired) electrons. The molecule has 1 aliphatic rings. The molecule has 0 spiro atoms. The van der Waals surface area contributed by atoms with Gasteiger partial charge in [-0.1, -0.05) is 36.4 Å². The van der Waals surface area contributed by atoms with Crippen LogP contribution in [0.25, 0.3) is 0 Å². The van der Waals surface area contributed by atoms with Crippen LogP contribution < -0.4 is 11.1 Å². The van der Waals surface area contributed by atoms with Gasteiger partial charge in [-0.15, -0.1) is 11.8 Å². The molecule has 0 bridgehead atoms. The molecule has 0 aliphatic carbocycles. The van der Waals surface area contributed by atoms with Crippen LogP contribution >= 0.6 is 11.8 Å². The van der Waals surface area contributed by atoms with E-state index in [2.05, 4.69) is 5.32 Å². The Bertz CT molecular complexity index is 793. The van der Waals surface area contributed by atoms with E-state index in [-0.39, 0.29) is 12.5 Å². The zero-order valence-electron chi connectivity index (χ0n) is 15.2. The molecule has 142 valence electrons. The van der Waals surface area contributed by atoms with Crippen LogP contribution in [0.15, 0.2) is 53.4 Å². The SMILES string of the molecule is CSc1ccc(CN2C(=O)OC[C@H]2C(=O)NCc2ccc(CN)cc2)cc1. The van der Waals surface area contributed by atoms with Crippen LogP contribution in [0.1, 0.15) is 16.7 Å². The Hall–Kier alpha value is -2.51. The Morgan fingerprint density at radius 1 is 1.15 bits per heavy atom. The van der Waals surface area contributed by atoms with Gasteiger partial charge in [0.2, 0.25) is 5.91 Å². The third-order valence-electron chi connectivity index (χ3n) is 4.52. The highest BCUT2D eigenvalue weighted by atomic mass is 32.2. The van der Waals surface area contributed by atoms with E-state index in [0.29, 0.717) is 19.6 Å². The third kappa shape index (κ3) is 4.81. The van der Waals surface area contributed by atoms with Gasteiger partial charge in [0.1, 0.15) is 12.6 Å². The van der Waals surface area contributed by atoms with Crippen molar-refractivity contribution in [1.29, 1.82) is 0 Å². The summed E-state index contributed by atoms with van der Waals surface area (Å²) in [5, 5.41) is 2.89. The number of cyclic esters (lactones) is 1. The van der Waals surface area contributed by atoms with Crippen molar-refractivity contribution in [3.63, 3.8) is 0 Å². The second-order valence-corrected chi connectivity index (χ2v) is 7.19. The van der Waals surface area contributed by atoms with E-state index in [9.17, 15) is 9.59 Å². The Balaban J connectivity index is 1.60. The van der Waals surface area contributed by atoms with Gasteiger partial charge >= 0.3 is 6.09 Å². The molecule has 0 saturated carbocycles. The molecule has 7 heteroatoms. The second-order valence-electron chi connectivity index (χ2n) is 6.31. The number of nitrogens with one attached hydrogen (secondary N) is 1. The normalized spacial score (nSPS) is 16.3. The Morgan fingerprint density at radius 3 is 2.41 bits per heavy atom. The van der Waals surface area contributed by atoms with E-state index in [1.807, 2.05) is 54.8 Å². The number of benzene rings is 2. The number of hydrogen-bond acceptors (Lipinski definition) is 5. The first-order valence-electron chi connectivity index (χ1n) is 8.72. The van der Waals surface area contributed by atoms with Crippen molar-refractivity contribution in [2.45, 2.75) is 30.6 Å². The van der Waals surface area contributed by atoms with Gasteiger partial charge in [0.05, 0.1) is 6.54 Å². The number of carbonyl (C=O) groups excluding carboxylic acids is 2. The highest BCUT2D eigenvalue weighted by Crippen LogP contribution is 2.20. The van der Waals surface area contributed by atoms with Gasteiger partial charge in [-0.05, 0) is 35.1 Å². The predicted octanol–water partition coefficient (Wildman–Crippen LogP) is 2.50. The number of carbonyl (C=O) groups is 2. The molecule has 6 nitrogen and oxygen atoms in total. The maximum absolute atomic E-state index is 12.6. The van der Waals surface area contributed by atoms with Gasteiger partial charge < -0.3 is 15.8 Å². The lowest BCUT2D eigenvalue weighted by molar-refractivity contribution is -0.125. The first-order valence-corrected chi connectivity index (χ1v) is 9.95. The van der Waals surface area contributed by atoms with Crippen molar-refractivity contribution < 1.29 is 14.3 Å². The molecular formula is C20H23N3O3S. The van der Waals surface area contributed by atoms with E-state index in [1.165, 1.54) is 4.90 Å². The maximum atomic E-state index is 12.6. The van der Waals surface area contributed by atoms with Crippen LogP contribution in [0.3, 0.4) is 0 Å². The van der Waals surface area contributed by atoms with E-state index in [4.69, 9.17) is 10.5 Å². The van der Waals surface area contributed by atoms with Gasteiger partial charge in [0, 0.05) is 18.0 Å². The lowest BCUT2D eigenvalue weighted by Crippen LogP contribution is -2.45. The van der Waals surface area contributed by atoms with E-state index < -0.39 is 12.1 Å². The minimum atomic E-state index is -0.624. The topological polar surface area (TPSA) is 84.7 Å². The number of thioether (sulfide) groups is 1. The summed E-state index contributed by atoms with van der Waals surface area (Å²) in [5.41, 5.74) is 8.57. The Labute approximate surface area is 163 Å². The number of nitrogens with two attached hydrogens (primary N) is 1. The summed E-state index contributed by atoms with van der Waals surface area (Å²) < 4.78 is 5.11. The summed E-state index contributed by atoms with van der Waals surface area (Å²) in [6.07, 6.45) is 1.55. The molecule has 1 heterocycles. The fraction of sp³-hybridized carbons (Fsp3) is 0.300. The molecule has 0 unspecified atom stereocenters. The van der Waals surface area contributed by atoms with Crippen molar-refractivity contribution in [3.05, 3.63) is 65.2 Å². The first kappa shape index (κ1) is 19.3. The zero-order chi connectivity index (χ0) is 19.2. The van der Waals surface area contributed by atoms with Crippen LogP contribution in [-0.2, 0) is 29.2 Å².